The molecule has 0 saturated carbocycles. The molecule has 3 N–H and O–H groups in total. The first kappa shape index (κ1) is 13.5. The van der Waals surface area contributed by atoms with Crippen molar-refractivity contribution in [1.82, 2.24) is 9.97 Å². The van der Waals surface area contributed by atoms with E-state index in [1.165, 1.54) is 18.2 Å². The van der Waals surface area contributed by atoms with Crippen molar-refractivity contribution >= 4 is 34.7 Å². The van der Waals surface area contributed by atoms with Crippen molar-refractivity contribution in [3.05, 3.63) is 45.1 Å². The van der Waals surface area contributed by atoms with Crippen LogP contribution in [0.15, 0.2) is 24.4 Å². The van der Waals surface area contributed by atoms with Crippen LogP contribution in [-0.2, 0) is 0 Å². The Morgan fingerprint density at radius 1 is 1.50 bits per heavy atom. The molecule has 9 heteroatoms. The smallest absolute Gasteiger partial charge is 0.329 e. The molecule has 8 nitrogen and oxygen atoms in total. The van der Waals surface area contributed by atoms with Gasteiger partial charge in [-0.3, -0.25) is 10.1 Å². The van der Waals surface area contributed by atoms with Crippen LogP contribution in [0.3, 0.4) is 0 Å². The fourth-order valence-corrected chi connectivity index (χ4v) is 1.66. The van der Waals surface area contributed by atoms with Crippen molar-refractivity contribution in [3.8, 4) is 6.07 Å². The molecule has 0 unspecified atom stereocenters. The zero-order chi connectivity index (χ0) is 14.7. The van der Waals surface area contributed by atoms with Crippen LogP contribution in [0.1, 0.15) is 5.56 Å². The van der Waals surface area contributed by atoms with Crippen LogP contribution in [0.25, 0.3) is 0 Å². The molecule has 2 rings (SSSR count). The van der Waals surface area contributed by atoms with E-state index in [1.807, 2.05) is 6.07 Å². The second-order valence-corrected chi connectivity index (χ2v) is 4.06. The number of nitriles is 1. The summed E-state index contributed by atoms with van der Waals surface area (Å²) in [7, 11) is 0. The van der Waals surface area contributed by atoms with Crippen molar-refractivity contribution in [2.24, 2.45) is 0 Å². The predicted octanol–water partition coefficient (Wildman–Crippen LogP) is 2.24. The molecule has 0 amide bonds. The Labute approximate surface area is 118 Å². The highest BCUT2D eigenvalue weighted by molar-refractivity contribution is 6.33. The molecule has 100 valence electrons. The number of nitrogen functional groups attached to an aromatic ring is 1. The first-order valence-corrected chi connectivity index (χ1v) is 5.62. The third-order valence-corrected chi connectivity index (χ3v) is 2.65. The third-order valence-electron chi connectivity index (χ3n) is 2.34. The van der Waals surface area contributed by atoms with E-state index in [2.05, 4.69) is 15.3 Å². The van der Waals surface area contributed by atoms with E-state index in [4.69, 9.17) is 22.6 Å². The van der Waals surface area contributed by atoms with Crippen molar-refractivity contribution in [2.45, 2.75) is 0 Å². The van der Waals surface area contributed by atoms with Gasteiger partial charge in [0, 0.05) is 0 Å². The van der Waals surface area contributed by atoms with Gasteiger partial charge in [0.25, 0.3) is 0 Å². The molecular weight excluding hydrogens is 284 g/mol. The van der Waals surface area contributed by atoms with Crippen molar-refractivity contribution < 1.29 is 4.92 Å². The molecule has 0 bridgehead atoms. The zero-order valence-electron chi connectivity index (χ0n) is 9.87. The monoisotopic (exact) mass is 290 g/mol. The molecule has 0 radical (unpaired) electrons. The number of nitrogens with two attached hydrogens (primary N) is 1. The molecule has 0 saturated heterocycles. The first-order chi connectivity index (χ1) is 9.51. The second kappa shape index (κ2) is 5.38. The molecule has 0 aliphatic rings. The molecule has 2 aromatic rings. The van der Waals surface area contributed by atoms with E-state index in [0.29, 0.717) is 11.3 Å². The Morgan fingerprint density at radius 3 is 2.85 bits per heavy atom. The minimum atomic E-state index is -0.640. The van der Waals surface area contributed by atoms with E-state index >= 15 is 0 Å². The Kier molecular flexibility index (Phi) is 3.63. The Balaban J connectivity index is 2.42. The number of halogens is 1. The van der Waals surface area contributed by atoms with E-state index in [1.54, 1.807) is 0 Å². The number of rotatable bonds is 3. The molecule has 1 aromatic carbocycles. The molecule has 0 spiro atoms. The Hall–Kier alpha value is -2.92. The average Bonchev–Trinajstić information content (AvgIpc) is 2.40. The summed E-state index contributed by atoms with van der Waals surface area (Å²) in [6.07, 6.45) is 1.00. The van der Waals surface area contributed by atoms with Crippen molar-refractivity contribution in [3.63, 3.8) is 0 Å². The van der Waals surface area contributed by atoms with Crippen LogP contribution in [-0.4, -0.2) is 14.9 Å². The lowest BCUT2D eigenvalue weighted by Gasteiger charge is -2.08. The maximum Gasteiger partial charge on any atom is 0.329 e. The highest BCUT2D eigenvalue weighted by atomic mass is 35.5. The largest absolute Gasteiger partial charge is 0.368 e. The minimum absolute atomic E-state index is 0.0749. The number of nitro groups is 1. The lowest BCUT2D eigenvalue weighted by molar-refractivity contribution is -0.384. The van der Waals surface area contributed by atoms with Crippen molar-refractivity contribution in [2.75, 3.05) is 11.1 Å². The number of benzene rings is 1. The summed E-state index contributed by atoms with van der Waals surface area (Å²) in [4.78, 5) is 17.6. The highest BCUT2D eigenvalue weighted by Gasteiger charge is 2.17. The molecule has 0 atom stereocenters. The van der Waals surface area contributed by atoms with E-state index in [0.717, 1.165) is 6.20 Å². The van der Waals surface area contributed by atoms with Crippen molar-refractivity contribution in [1.29, 1.82) is 5.26 Å². The summed E-state index contributed by atoms with van der Waals surface area (Å²) in [6.45, 7) is 0. The number of hydrogen-bond acceptors (Lipinski definition) is 7. The van der Waals surface area contributed by atoms with Crippen LogP contribution in [0.5, 0.6) is 0 Å². The van der Waals surface area contributed by atoms with Gasteiger partial charge in [-0.25, -0.2) is 4.98 Å². The van der Waals surface area contributed by atoms with Gasteiger partial charge >= 0.3 is 5.69 Å². The van der Waals surface area contributed by atoms with Gasteiger partial charge in [0.15, 0.2) is 0 Å². The van der Waals surface area contributed by atoms with Gasteiger partial charge in [0.05, 0.1) is 27.3 Å². The molecule has 0 aliphatic carbocycles. The summed E-state index contributed by atoms with van der Waals surface area (Å²) < 4.78 is 0. The lowest BCUT2D eigenvalue weighted by atomic mass is 10.2. The molecule has 1 heterocycles. The zero-order valence-corrected chi connectivity index (χ0v) is 10.6. The Bertz CT molecular complexity index is 727. The summed E-state index contributed by atoms with van der Waals surface area (Å²) in [6, 6.07) is 6.40. The van der Waals surface area contributed by atoms with Crippen LogP contribution in [0.4, 0.5) is 23.1 Å². The van der Waals surface area contributed by atoms with E-state index in [9.17, 15) is 10.1 Å². The number of nitrogens with zero attached hydrogens (tertiary/aromatic N) is 4. The molecule has 1 aromatic heterocycles. The van der Waals surface area contributed by atoms with Gasteiger partial charge in [-0.15, -0.1) is 0 Å². The fourth-order valence-electron chi connectivity index (χ4n) is 1.43. The van der Waals surface area contributed by atoms with Crippen LogP contribution in [0.2, 0.25) is 5.02 Å². The van der Waals surface area contributed by atoms with Crippen LogP contribution < -0.4 is 11.1 Å². The van der Waals surface area contributed by atoms with E-state index < -0.39 is 4.92 Å². The maximum atomic E-state index is 10.9. The standard InChI is InChI=1S/C11H7ClN6O2/c12-7-3-6(4-13)1-2-8(7)16-10-9(18(19)20)5-15-11(14)17-10/h1-3,5H,(H3,14,15,16,17). The fraction of sp³-hybridized carbons (Fsp3) is 0. The molecule has 20 heavy (non-hydrogen) atoms. The van der Waals surface area contributed by atoms with Gasteiger partial charge in [0.2, 0.25) is 11.8 Å². The minimum Gasteiger partial charge on any atom is -0.368 e. The van der Waals surface area contributed by atoms with Gasteiger partial charge in [-0.2, -0.15) is 10.2 Å². The third kappa shape index (κ3) is 2.73. The van der Waals surface area contributed by atoms with Gasteiger partial charge in [-0.05, 0) is 18.2 Å². The molecule has 0 aliphatic heterocycles. The van der Waals surface area contributed by atoms with Crippen LogP contribution >= 0.6 is 11.6 Å². The predicted molar refractivity (Wildman–Crippen MR) is 72.5 cm³/mol. The number of hydrogen-bond donors (Lipinski definition) is 2. The Morgan fingerprint density at radius 2 is 2.25 bits per heavy atom. The number of nitrogens with one attached hydrogen (secondary N) is 1. The number of aromatic nitrogens is 2. The number of anilines is 3. The first-order valence-electron chi connectivity index (χ1n) is 5.25. The SMILES string of the molecule is N#Cc1ccc(Nc2nc(N)ncc2[N+](=O)[O-])c(Cl)c1. The highest BCUT2D eigenvalue weighted by Crippen LogP contribution is 2.29. The quantitative estimate of drug-likeness (QED) is 0.654. The molecular formula is C11H7ClN6O2. The van der Waals surface area contributed by atoms with Gasteiger partial charge in [0.1, 0.15) is 6.20 Å². The summed E-state index contributed by atoms with van der Waals surface area (Å²) in [5, 5.41) is 22.5. The van der Waals surface area contributed by atoms with Gasteiger partial charge < -0.3 is 11.1 Å². The normalized spacial score (nSPS) is 9.80. The lowest BCUT2D eigenvalue weighted by Crippen LogP contribution is -2.04. The second-order valence-electron chi connectivity index (χ2n) is 3.65. The summed E-state index contributed by atoms with van der Waals surface area (Å²) >= 11 is 5.97. The van der Waals surface area contributed by atoms with Crippen LogP contribution in [0, 0.1) is 21.4 Å². The van der Waals surface area contributed by atoms with E-state index in [-0.39, 0.29) is 22.5 Å². The summed E-state index contributed by atoms with van der Waals surface area (Å²) in [5.41, 5.74) is 5.81. The average molecular weight is 291 g/mol. The topological polar surface area (TPSA) is 131 Å². The molecule has 0 fully saturated rings. The summed E-state index contributed by atoms with van der Waals surface area (Å²) in [5.74, 6) is -0.183. The van der Waals surface area contributed by atoms with Gasteiger partial charge in [-0.1, -0.05) is 11.6 Å². The maximum absolute atomic E-state index is 10.9.